The van der Waals surface area contributed by atoms with E-state index in [0.717, 1.165) is 0 Å². The van der Waals surface area contributed by atoms with Gasteiger partial charge in [0.2, 0.25) is 16.9 Å². The number of esters is 1. The molecule has 1 aromatic carbocycles. The maximum Gasteiger partial charge on any atom is 0.328 e. The highest BCUT2D eigenvalue weighted by Crippen LogP contribution is 2.34. The van der Waals surface area contributed by atoms with Gasteiger partial charge >= 0.3 is 5.97 Å². The molecule has 3 aromatic rings. The van der Waals surface area contributed by atoms with Gasteiger partial charge in [-0.1, -0.05) is 0 Å². The van der Waals surface area contributed by atoms with Crippen LogP contribution in [-0.4, -0.2) is 32.1 Å². The number of furan rings is 1. The molecule has 1 atom stereocenters. The van der Waals surface area contributed by atoms with Crippen LogP contribution in [-0.2, 0) is 20.7 Å². The molecule has 0 saturated carbocycles. The standard InChI is InChI=1S/C21H21NO7/c1-11-9-16(23)20-19(28-11)15(10-17(24)22-12(2)21(25)27-4)18(29-20)13-5-7-14(26-3)8-6-13/h5-9,12H,10H2,1-4H3,(H,22,24). The Morgan fingerprint density at radius 1 is 1.10 bits per heavy atom. The Balaban J connectivity index is 2.06. The number of hydrogen-bond donors (Lipinski definition) is 1. The molecule has 3 rings (SSSR count). The topological polar surface area (TPSA) is 108 Å². The molecule has 2 aromatic heterocycles. The Bertz CT molecular complexity index is 1110. The number of amides is 1. The number of ether oxygens (including phenoxy) is 2. The van der Waals surface area contributed by atoms with Crippen molar-refractivity contribution >= 4 is 23.0 Å². The van der Waals surface area contributed by atoms with Crippen LogP contribution in [0.3, 0.4) is 0 Å². The molecule has 8 heteroatoms. The molecule has 152 valence electrons. The molecule has 2 heterocycles. The number of carbonyl (C=O) groups excluding carboxylic acids is 2. The Kier molecular flexibility index (Phi) is 5.72. The summed E-state index contributed by atoms with van der Waals surface area (Å²) >= 11 is 0. The zero-order valence-corrected chi connectivity index (χ0v) is 16.5. The minimum Gasteiger partial charge on any atom is -0.497 e. The van der Waals surface area contributed by atoms with E-state index in [2.05, 4.69) is 10.1 Å². The van der Waals surface area contributed by atoms with Crippen LogP contribution in [0.2, 0.25) is 0 Å². The molecule has 1 amide bonds. The summed E-state index contributed by atoms with van der Waals surface area (Å²) in [5.74, 6) is 0.392. The average Bonchev–Trinajstić information content (AvgIpc) is 3.05. The van der Waals surface area contributed by atoms with Gasteiger partial charge < -0.3 is 23.6 Å². The Morgan fingerprint density at radius 2 is 1.79 bits per heavy atom. The van der Waals surface area contributed by atoms with Gasteiger partial charge in [-0.3, -0.25) is 9.59 Å². The van der Waals surface area contributed by atoms with E-state index in [4.69, 9.17) is 13.6 Å². The maximum absolute atomic E-state index is 12.5. The van der Waals surface area contributed by atoms with Gasteiger partial charge in [-0.2, -0.15) is 0 Å². The molecule has 1 N–H and O–H groups in total. The minimum atomic E-state index is -0.816. The number of rotatable bonds is 6. The zero-order valence-electron chi connectivity index (χ0n) is 16.5. The number of benzene rings is 1. The van der Waals surface area contributed by atoms with Crippen LogP contribution in [0.5, 0.6) is 5.75 Å². The summed E-state index contributed by atoms with van der Waals surface area (Å²) in [6.07, 6.45) is -0.151. The quantitative estimate of drug-likeness (QED) is 0.635. The van der Waals surface area contributed by atoms with E-state index in [9.17, 15) is 14.4 Å². The molecule has 0 bridgehead atoms. The highest BCUT2D eigenvalue weighted by molar-refractivity contribution is 5.91. The Morgan fingerprint density at radius 3 is 2.41 bits per heavy atom. The molecule has 0 radical (unpaired) electrons. The fourth-order valence-corrected chi connectivity index (χ4v) is 2.99. The smallest absolute Gasteiger partial charge is 0.328 e. The van der Waals surface area contributed by atoms with Crippen LogP contribution in [0.25, 0.3) is 22.5 Å². The van der Waals surface area contributed by atoms with Gasteiger partial charge in [0.15, 0.2) is 5.58 Å². The first-order valence-corrected chi connectivity index (χ1v) is 8.91. The van der Waals surface area contributed by atoms with Gasteiger partial charge in [0, 0.05) is 11.6 Å². The van der Waals surface area contributed by atoms with Crippen molar-refractivity contribution in [1.29, 1.82) is 0 Å². The summed E-state index contributed by atoms with van der Waals surface area (Å²) in [6, 6.07) is 7.51. The minimum absolute atomic E-state index is 0.0326. The third kappa shape index (κ3) is 4.16. The molecule has 0 spiro atoms. The van der Waals surface area contributed by atoms with E-state index < -0.39 is 17.9 Å². The van der Waals surface area contributed by atoms with Crippen molar-refractivity contribution in [3.05, 3.63) is 51.9 Å². The number of hydrogen-bond acceptors (Lipinski definition) is 7. The normalized spacial score (nSPS) is 11.9. The largest absolute Gasteiger partial charge is 0.497 e. The lowest BCUT2D eigenvalue weighted by Crippen LogP contribution is -2.39. The van der Waals surface area contributed by atoms with Gasteiger partial charge in [-0.15, -0.1) is 0 Å². The first-order valence-electron chi connectivity index (χ1n) is 8.91. The molecule has 0 aliphatic rings. The van der Waals surface area contributed by atoms with Crippen molar-refractivity contribution in [2.24, 2.45) is 0 Å². The average molecular weight is 399 g/mol. The van der Waals surface area contributed by atoms with Crippen LogP contribution < -0.4 is 15.5 Å². The Labute approximate surface area is 166 Å². The lowest BCUT2D eigenvalue weighted by Gasteiger charge is -2.11. The zero-order chi connectivity index (χ0) is 21.1. The van der Waals surface area contributed by atoms with E-state index in [1.165, 1.54) is 20.1 Å². The molecule has 0 fully saturated rings. The number of aryl methyl sites for hydroxylation is 1. The fourth-order valence-electron chi connectivity index (χ4n) is 2.99. The van der Waals surface area contributed by atoms with Gasteiger partial charge in [0.1, 0.15) is 23.3 Å². The van der Waals surface area contributed by atoms with Crippen molar-refractivity contribution in [2.75, 3.05) is 14.2 Å². The molecule has 0 aliphatic carbocycles. The monoisotopic (exact) mass is 399 g/mol. The van der Waals surface area contributed by atoms with Crippen molar-refractivity contribution in [3.63, 3.8) is 0 Å². The molecule has 0 saturated heterocycles. The third-order valence-electron chi connectivity index (χ3n) is 4.40. The van der Waals surface area contributed by atoms with Crippen molar-refractivity contribution < 1.29 is 27.9 Å². The van der Waals surface area contributed by atoms with E-state index in [-0.39, 0.29) is 23.0 Å². The highest BCUT2D eigenvalue weighted by Gasteiger charge is 2.24. The van der Waals surface area contributed by atoms with Crippen LogP contribution in [0, 0.1) is 6.92 Å². The first kappa shape index (κ1) is 20.2. The van der Waals surface area contributed by atoms with Gasteiger partial charge in [-0.05, 0) is 38.1 Å². The lowest BCUT2D eigenvalue weighted by molar-refractivity contribution is -0.144. The summed E-state index contributed by atoms with van der Waals surface area (Å²) in [5, 5.41) is 2.56. The van der Waals surface area contributed by atoms with E-state index in [1.807, 2.05) is 0 Å². The molecule has 1 unspecified atom stereocenters. The second-order valence-corrected chi connectivity index (χ2v) is 6.51. The van der Waals surface area contributed by atoms with E-state index in [1.54, 1.807) is 38.3 Å². The first-order chi connectivity index (χ1) is 13.8. The maximum atomic E-state index is 12.5. The second-order valence-electron chi connectivity index (χ2n) is 6.51. The number of nitrogens with one attached hydrogen (secondary N) is 1. The molecular formula is C21H21NO7. The van der Waals surface area contributed by atoms with Gasteiger partial charge in [-0.25, -0.2) is 4.79 Å². The third-order valence-corrected chi connectivity index (χ3v) is 4.40. The predicted molar refractivity (Wildman–Crippen MR) is 105 cm³/mol. The van der Waals surface area contributed by atoms with Crippen LogP contribution >= 0.6 is 0 Å². The lowest BCUT2D eigenvalue weighted by atomic mass is 10.0. The van der Waals surface area contributed by atoms with Crippen LogP contribution in [0.15, 0.2) is 44.0 Å². The number of carbonyl (C=O) groups is 2. The second kappa shape index (κ2) is 8.22. The summed E-state index contributed by atoms with van der Waals surface area (Å²) in [6.45, 7) is 3.16. The van der Waals surface area contributed by atoms with Crippen LogP contribution in [0.4, 0.5) is 0 Å². The van der Waals surface area contributed by atoms with Crippen molar-refractivity contribution in [3.8, 4) is 17.1 Å². The molecule has 8 nitrogen and oxygen atoms in total. The van der Waals surface area contributed by atoms with E-state index in [0.29, 0.717) is 28.4 Å². The molecule has 0 aliphatic heterocycles. The van der Waals surface area contributed by atoms with Crippen molar-refractivity contribution in [1.82, 2.24) is 5.32 Å². The van der Waals surface area contributed by atoms with Crippen LogP contribution in [0.1, 0.15) is 18.2 Å². The summed E-state index contributed by atoms with van der Waals surface area (Å²) in [4.78, 5) is 36.5. The highest BCUT2D eigenvalue weighted by atomic mass is 16.5. The van der Waals surface area contributed by atoms with E-state index >= 15 is 0 Å². The molecular weight excluding hydrogens is 378 g/mol. The van der Waals surface area contributed by atoms with Gasteiger partial charge in [0.05, 0.1) is 26.2 Å². The molecule has 29 heavy (non-hydrogen) atoms. The summed E-state index contributed by atoms with van der Waals surface area (Å²) < 4.78 is 21.3. The summed E-state index contributed by atoms with van der Waals surface area (Å²) in [7, 11) is 2.80. The number of fused-ring (bicyclic) bond motifs is 1. The number of methoxy groups -OCH3 is 2. The van der Waals surface area contributed by atoms with Crippen molar-refractivity contribution in [2.45, 2.75) is 26.3 Å². The van der Waals surface area contributed by atoms with Gasteiger partial charge in [0.25, 0.3) is 0 Å². The predicted octanol–water partition coefficient (Wildman–Crippen LogP) is 2.59. The summed E-state index contributed by atoms with van der Waals surface area (Å²) in [5.41, 5.74) is 0.971. The Hall–Kier alpha value is -3.55. The SMILES string of the molecule is COC(=O)C(C)NC(=O)Cc1c(-c2ccc(OC)cc2)oc2c(=O)cc(C)oc12. The fraction of sp³-hybridized carbons (Fsp3) is 0.286.